The molecule has 2 aliphatic heterocycles. The summed E-state index contributed by atoms with van der Waals surface area (Å²) in [7, 11) is 0. The van der Waals surface area contributed by atoms with Crippen molar-refractivity contribution in [1.29, 1.82) is 0 Å². The molecule has 2 aliphatic rings. The Morgan fingerprint density at radius 2 is 1.69 bits per heavy atom. The summed E-state index contributed by atoms with van der Waals surface area (Å²) in [4.78, 5) is 0. The van der Waals surface area contributed by atoms with Crippen molar-refractivity contribution in [1.82, 2.24) is 5.01 Å². The van der Waals surface area contributed by atoms with Gasteiger partial charge in [-0.25, -0.2) is 5.01 Å². The predicted octanol–water partition coefficient (Wildman–Crippen LogP) is 7.68. The third-order valence-electron chi connectivity index (χ3n) is 5.52. The van der Waals surface area contributed by atoms with Crippen molar-refractivity contribution in [2.75, 3.05) is 0 Å². The minimum absolute atomic E-state index is 0.0442. The fourth-order valence-electron chi connectivity index (χ4n) is 4.13. The Labute approximate surface area is 202 Å². The molecule has 5 rings (SSSR count). The van der Waals surface area contributed by atoms with Gasteiger partial charge >= 0.3 is 0 Å². The number of hydrogen-bond donors (Lipinski definition) is 0. The summed E-state index contributed by atoms with van der Waals surface area (Å²) in [5.74, 6) is 1.46. The van der Waals surface area contributed by atoms with Crippen LogP contribution in [0.4, 0.5) is 0 Å². The van der Waals surface area contributed by atoms with Crippen LogP contribution >= 0.6 is 34.8 Å². The van der Waals surface area contributed by atoms with Gasteiger partial charge in [0.1, 0.15) is 11.5 Å². The molecule has 0 saturated heterocycles. The molecule has 0 bridgehead atoms. The largest absolute Gasteiger partial charge is 0.491 e. The lowest BCUT2D eigenvalue weighted by molar-refractivity contribution is -0.0189. The summed E-state index contributed by atoms with van der Waals surface area (Å²) in [6.07, 6.45) is 0.389. The third-order valence-corrected chi connectivity index (χ3v) is 6.27. The van der Waals surface area contributed by atoms with Crippen molar-refractivity contribution in [3.8, 4) is 11.5 Å². The smallest absolute Gasteiger partial charge is 0.213 e. The van der Waals surface area contributed by atoms with Crippen molar-refractivity contribution in [2.24, 2.45) is 5.10 Å². The van der Waals surface area contributed by atoms with Gasteiger partial charge in [0.2, 0.25) is 6.23 Å². The maximum absolute atomic E-state index is 6.54. The second-order valence-corrected chi connectivity index (χ2v) is 9.45. The number of hydrazone groups is 1. The monoisotopic (exact) mass is 486 g/mol. The minimum Gasteiger partial charge on any atom is -0.491 e. The van der Waals surface area contributed by atoms with Crippen molar-refractivity contribution < 1.29 is 9.47 Å². The molecule has 32 heavy (non-hydrogen) atoms. The van der Waals surface area contributed by atoms with Crippen LogP contribution in [-0.2, 0) is 0 Å². The van der Waals surface area contributed by atoms with Gasteiger partial charge in [-0.1, -0.05) is 46.9 Å². The molecule has 0 fully saturated rings. The van der Waals surface area contributed by atoms with Crippen LogP contribution in [0.15, 0.2) is 65.8 Å². The van der Waals surface area contributed by atoms with Crippen molar-refractivity contribution >= 4 is 40.5 Å². The quantitative estimate of drug-likeness (QED) is 0.378. The topological polar surface area (TPSA) is 34.1 Å². The van der Waals surface area contributed by atoms with Crippen LogP contribution in [0.3, 0.4) is 0 Å². The Morgan fingerprint density at radius 3 is 2.38 bits per heavy atom. The van der Waals surface area contributed by atoms with E-state index in [1.807, 2.05) is 73.5 Å². The van der Waals surface area contributed by atoms with Gasteiger partial charge in [-0.2, -0.15) is 5.10 Å². The SMILES string of the molecule is CC(C)Oc1ccc([C@H]2Oc3c(Cl)cc(Cl)cc3[C@H]3CC(c4ccc(Cl)cc4)=NN32)cc1. The van der Waals surface area contributed by atoms with Gasteiger partial charge in [-0.3, -0.25) is 0 Å². The average Bonchev–Trinajstić information content (AvgIpc) is 3.20. The van der Waals surface area contributed by atoms with Gasteiger partial charge in [-0.05, 0) is 67.9 Å². The van der Waals surface area contributed by atoms with E-state index in [1.54, 1.807) is 6.07 Å². The molecule has 0 N–H and O–H groups in total. The molecule has 3 aromatic carbocycles. The zero-order chi connectivity index (χ0) is 22.4. The van der Waals surface area contributed by atoms with Gasteiger partial charge in [0, 0.05) is 27.6 Å². The van der Waals surface area contributed by atoms with Crippen molar-refractivity contribution in [3.05, 3.63) is 92.4 Å². The number of halogens is 3. The van der Waals surface area contributed by atoms with E-state index in [0.29, 0.717) is 27.2 Å². The van der Waals surface area contributed by atoms with Crippen LogP contribution in [0.1, 0.15) is 49.2 Å². The lowest BCUT2D eigenvalue weighted by atomic mass is 9.96. The highest BCUT2D eigenvalue weighted by atomic mass is 35.5. The minimum atomic E-state index is -0.427. The maximum atomic E-state index is 6.54. The molecule has 164 valence electrons. The van der Waals surface area contributed by atoms with Gasteiger partial charge in [0.05, 0.1) is 22.9 Å². The van der Waals surface area contributed by atoms with Crippen LogP contribution in [0, 0.1) is 0 Å². The van der Waals surface area contributed by atoms with Gasteiger partial charge in [0.15, 0.2) is 0 Å². The summed E-state index contributed by atoms with van der Waals surface area (Å²) in [6, 6.07) is 19.2. The number of ether oxygens (including phenoxy) is 2. The molecule has 2 atom stereocenters. The number of fused-ring (bicyclic) bond motifs is 3. The Bertz CT molecular complexity index is 1180. The van der Waals surface area contributed by atoms with E-state index in [4.69, 9.17) is 49.4 Å². The molecule has 0 amide bonds. The Morgan fingerprint density at radius 1 is 0.969 bits per heavy atom. The molecule has 0 aromatic heterocycles. The molecular weight excluding hydrogens is 467 g/mol. The number of rotatable bonds is 4. The molecule has 7 heteroatoms. The first-order valence-corrected chi connectivity index (χ1v) is 11.6. The van der Waals surface area contributed by atoms with E-state index >= 15 is 0 Å². The highest BCUT2D eigenvalue weighted by Gasteiger charge is 2.42. The van der Waals surface area contributed by atoms with Crippen molar-refractivity contribution in [3.63, 3.8) is 0 Å². The summed E-state index contributed by atoms with van der Waals surface area (Å²) in [6.45, 7) is 4.01. The summed E-state index contributed by atoms with van der Waals surface area (Å²) >= 11 is 19.0. The number of nitrogens with zero attached hydrogens (tertiary/aromatic N) is 2. The summed E-state index contributed by atoms with van der Waals surface area (Å²) < 4.78 is 12.2. The van der Waals surface area contributed by atoms with Crippen LogP contribution in [0.2, 0.25) is 15.1 Å². The molecule has 3 aromatic rings. The van der Waals surface area contributed by atoms with Gasteiger partial charge in [0.25, 0.3) is 0 Å². The van der Waals surface area contributed by atoms with E-state index in [-0.39, 0.29) is 12.1 Å². The van der Waals surface area contributed by atoms with Crippen LogP contribution < -0.4 is 9.47 Å². The first-order chi connectivity index (χ1) is 15.4. The zero-order valence-corrected chi connectivity index (χ0v) is 19.8. The maximum Gasteiger partial charge on any atom is 0.213 e. The van der Waals surface area contributed by atoms with E-state index in [9.17, 15) is 0 Å². The van der Waals surface area contributed by atoms with Gasteiger partial charge in [-0.15, -0.1) is 0 Å². The number of benzene rings is 3. The van der Waals surface area contributed by atoms with E-state index < -0.39 is 6.23 Å². The third kappa shape index (κ3) is 4.03. The van der Waals surface area contributed by atoms with Crippen LogP contribution in [0.5, 0.6) is 11.5 Å². The lowest BCUT2D eigenvalue weighted by Crippen LogP contribution is -2.33. The summed E-state index contributed by atoms with van der Waals surface area (Å²) in [5, 5.41) is 8.72. The van der Waals surface area contributed by atoms with Crippen LogP contribution in [-0.4, -0.2) is 16.8 Å². The zero-order valence-electron chi connectivity index (χ0n) is 17.6. The van der Waals surface area contributed by atoms with E-state index in [0.717, 1.165) is 28.2 Å². The second-order valence-electron chi connectivity index (χ2n) is 8.17. The molecule has 4 nitrogen and oxygen atoms in total. The molecule has 0 saturated carbocycles. The number of hydrogen-bond acceptors (Lipinski definition) is 4. The first-order valence-electron chi connectivity index (χ1n) is 10.4. The molecule has 0 unspecified atom stereocenters. The summed E-state index contributed by atoms with van der Waals surface area (Å²) in [5.41, 5.74) is 3.89. The normalized spacial score (nSPS) is 19.3. The Kier molecular flexibility index (Phi) is 5.70. The van der Waals surface area contributed by atoms with E-state index in [1.165, 1.54) is 0 Å². The van der Waals surface area contributed by atoms with Crippen LogP contribution in [0.25, 0.3) is 0 Å². The standard InChI is InChI=1S/C25H21Cl3N2O2/c1-14(2)31-19-9-5-16(6-10-19)25-30-23(20-11-18(27)12-21(28)24(20)32-25)13-22(29-30)15-3-7-17(26)8-4-15/h3-12,14,23,25H,13H2,1-2H3/t23-,25-/m1/s1. The Balaban J connectivity index is 1.56. The fourth-order valence-corrected chi connectivity index (χ4v) is 4.81. The first kappa shape index (κ1) is 21.4. The Hall–Kier alpha value is -2.40. The fraction of sp³-hybridized carbons (Fsp3) is 0.240. The molecule has 0 aliphatic carbocycles. The average molecular weight is 488 g/mol. The molecule has 2 heterocycles. The molecule has 0 radical (unpaired) electrons. The second kappa shape index (κ2) is 8.51. The lowest BCUT2D eigenvalue weighted by Gasteiger charge is -2.38. The molecular formula is C25H21Cl3N2O2. The predicted molar refractivity (Wildman–Crippen MR) is 129 cm³/mol. The molecule has 0 spiro atoms. The highest BCUT2D eigenvalue weighted by Crippen LogP contribution is 2.50. The van der Waals surface area contributed by atoms with Crippen molar-refractivity contribution in [2.45, 2.75) is 38.6 Å². The highest BCUT2D eigenvalue weighted by molar-refractivity contribution is 6.35. The van der Waals surface area contributed by atoms with E-state index in [2.05, 4.69) is 0 Å². The van der Waals surface area contributed by atoms with Gasteiger partial charge < -0.3 is 9.47 Å².